The molecule has 6 heteroatoms. The van der Waals surface area contributed by atoms with Gasteiger partial charge in [-0.1, -0.05) is 30.3 Å². The molecule has 0 spiro atoms. The molecular formula is C16H21N3O3. The molecule has 0 aliphatic heterocycles. The number of nitrogens with zero attached hydrogens (tertiary/aromatic N) is 1. The molecular weight excluding hydrogens is 282 g/mol. The molecule has 0 aliphatic carbocycles. The maximum Gasteiger partial charge on any atom is 0.273 e. The number of benzene rings is 1. The van der Waals surface area contributed by atoms with Gasteiger partial charge in [0, 0.05) is 13.2 Å². The molecule has 1 heterocycles. The molecule has 2 aromatic rings. The normalized spacial score (nSPS) is 13.6. The molecule has 6 nitrogen and oxygen atoms in total. The van der Waals surface area contributed by atoms with Gasteiger partial charge in [0.05, 0.1) is 12.6 Å². The molecule has 0 fully saturated rings. The average Bonchev–Trinajstić information content (AvgIpc) is 2.98. The van der Waals surface area contributed by atoms with Gasteiger partial charge in [-0.25, -0.2) is 4.98 Å². The van der Waals surface area contributed by atoms with Crippen molar-refractivity contribution in [3.63, 3.8) is 0 Å². The van der Waals surface area contributed by atoms with E-state index in [0.717, 1.165) is 5.56 Å². The van der Waals surface area contributed by atoms with Crippen LogP contribution in [0.4, 0.5) is 0 Å². The van der Waals surface area contributed by atoms with Gasteiger partial charge < -0.3 is 20.2 Å². The lowest BCUT2D eigenvalue weighted by molar-refractivity contribution is 0.0900. The van der Waals surface area contributed by atoms with Gasteiger partial charge in [0.15, 0.2) is 5.69 Å². The number of hydrogen-bond donors (Lipinski definition) is 2. The molecule has 1 aromatic carbocycles. The van der Waals surface area contributed by atoms with Gasteiger partial charge in [-0.15, -0.1) is 0 Å². The third-order valence-corrected chi connectivity index (χ3v) is 3.16. The van der Waals surface area contributed by atoms with Crippen molar-refractivity contribution in [2.24, 2.45) is 5.73 Å². The van der Waals surface area contributed by atoms with E-state index in [1.54, 1.807) is 7.11 Å². The number of hydrogen-bond acceptors (Lipinski definition) is 5. The minimum absolute atomic E-state index is 0.101. The third kappa shape index (κ3) is 4.41. The topological polar surface area (TPSA) is 90.4 Å². The first-order valence-electron chi connectivity index (χ1n) is 7.15. The summed E-state index contributed by atoms with van der Waals surface area (Å²) >= 11 is 0. The van der Waals surface area contributed by atoms with E-state index in [1.165, 1.54) is 6.26 Å². The molecule has 0 bridgehead atoms. The Kier molecular flexibility index (Phi) is 5.68. The summed E-state index contributed by atoms with van der Waals surface area (Å²) in [4.78, 5) is 16.2. The van der Waals surface area contributed by atoms with E-state index in [9.17, 15) is 4.79 Å². The highest BCUT2D eigenvalue weighted by atomic mass is 16.5. The summed E-state index contributed by atoms with van der Waals surface area (Å²) in [6.45, 7) is 2.29. The van der Waals surface area contributed by atoms with Crippen LogP contribution in [0.2, 0.25) is 0 Å². The molecule has 22 heavy (non-hydrogen) atoms. The van der Waals surface area contributed by atoms with Gasteiger partial charge in [-0.05, 0) is 18.9 Å². The second kappa shape index (κ2) is 7.72. The number of nitrogens with two attached hydrogens (primary N) is 1. The monoisotopic (exact) mass is 303 g/mol. The first-order valence-corrected chi connectivity index (χ1v) is 7.15. The van der Waals surface area contributed by atoms with Gasteiger partial charge in [-0.2, -0.15) is 0 Å². The molecule has 3 N–H and O–H groups in total. The summed E-state index contributed by atoms with van der Waals surface area (Å²) < 4.78 is 10.3. The van der Waals surface area contributed by atoms with E-state index in [4.69, 9.17) is 14.9 Å². The maximum absolute atomic E-state index is 12.0. The summed E-state index contributed by atoms with van der Waals surface area (Å²) in [5.74, 6) is 0.0554. The lowest BCUT2D eigenvalue weighted by Crippen LogP contribution is -2.35. The molecule has 2 atom stereocenters. The SMILES string of the molecule is COCC(C)NC(=O)c1coc(C(N)Cc2ccccc2)n1. The Morgan fingerprint density at radius 1 is 1.41 bits per heavy atom. The van der Waals surface area contributed by atoms with Gasteiger partial charge in [-0.3, -0.25) is 4.79 Å². The van der Waals surface area contributed by atoms with E-state index in [1.807, 2.05) is 37.3 Å². The van der Waals surface area contributed by atoms with Gasteiger partial charge in [0.25, 0.3) is 5.91 Å². The standard InChI is InChI=1S/C16H21N3O3/c1-11(9-21-2)18-15(20)14-10-22-16(19-14)13(17)8-12-6-4-3-5-7-12/h3-7,10-11,13H,8-9,17H2,1-2H3,(H,18,20). The summed E-state index contributed by atoms with van der Waals surface area (Å²) in [6, 6.07) is 9.34. The third-order valence-electron chi connectivity index (χ3n) is 3.16. The zero-order valence-corrected chi connectivity index (χ0v) is 12.8. The molecule has 1 amide bonds. The second-order valence-electron chi connectivity index (χ2n) is 5.20. The minimum atomic E-state index is -0.389. The van der Waals surface area contributed by atoms with Crippen molar-refractivity contribution in [2.45, 2.75) is 25.4 Å². The van der Waals surface area contributed by atoms with Crippen LogP contribution in [0.5, 0.6) is 0 Å². The Morgan fingerprint density at radius 2 is 2.14 bits per heavy atom. The predicted octanol–water partition coefficient (Wildman–Crippen LogP) is 1.68. The predicted molar refractivity (Wildman–Crippen MR) is 82.4 cm³/mol. The maximum atomic E-state index is 12.0. The Bertz CT molecular complexity index is 598. The summed E-state index contributed by atoms with van der Waals surface area (Å²) in [7, 11) is 1.58. The molecule has 2 rings (SSSR count). The van der Waals surface area contributed by atoms with Gasteiger partial charge in [0.2, 0.25) is 5.89 Å². The smallest absolute Gasteiger partial charge is 0.273 e. The van der Waals surface area contributed by atoms with Crippen LogP contribution >= 0.6 is 0 Å². The van der Waals surface area contributed by atoms with E-state index in [2.05, 4.69) is 10.3 Å². The largest absolute Gasteiger partial charge is 0.446 e. The van der Waals surface area contributed by atoms with E-state index >= 15 is 0 Å². The zero-order chi connectivity index (χ0) is 15.9. The fourth-order valence-corrected chi connectivity index (χ4v) is 2.11. The number of nitrogens with one attached hydrogen (secondary N) is 1. The van der Waals surface area contributed by atoms with Crippen LogP contribution in [0, 0.1) is 0 Å². The molecule has 118 valence electrons. The molecule has 1 aromatic heterocycles. The molecule has 0 aliphatic rings. The van der Waals surface area contributed by atoms with E-state index in [-0.39, 0.29) is 23.7 Å². The first-order chi connectivity index (χ1) is 10.6. The average molecular weight is 303 g/mol. The lowest BCUT2D eigenvalue weighted by Gasteiger charge is -2.11. The van der Waals surface area contributed by atoms with Gasteiger partial charge in [0.1, 0.15) is 6.26 Å². The fourth-order valence-electron chi connectivity index (χ4n) is 2.11. The van der Waals surface area contributed by atoms with Crippen molar-refractivity contribution in [1.82, 2.24) is 10.3 Å². The summed E-state index contributed by atoms with van der Waals surface area (Å²) in [5, 5.41) is 2.77. The number of amides is 1. The lowest BCUT2D eigenvalue weighted by atomic mass is 10.1. The summed E-state index contributed by atoms with van der Waals surface area (Å²) in [5.41, 5.74) is 7.40. The van der Waals surface area contributed by atoms with Crippen molar-refractivity contribution in [1.29, 1.82) is 0 Å². The zero-order valence-electron chi connectivity index (χ0n) is 12.8. The number of carbonyl (C=O) groups excluding carboxylic acids is 1. The number of oxazole rings is 1. The molecule has 2 unspecified atom stereocenters. The molecule has 0 saturated carbocycles. The minimum Gasteiger partial charge on any atom is -0.446 e. The number of aromatic nitrogens is 1. The van der Waals surface area contributed by atoms with Crippen LogP contribution in [-0.4, -0.2) is 30.6 Å². The van der Waals surface area contributed by atoms with Crippen LogP contribution < -0.4 is 11.1 Å². The molecule has 0 radical (unpaired) electrons. The van der Waals surface area contributed by atoms with Crippen molar-refractivity contribution in [2.75, 3.05) is 13.7 Å². The number of carbonyl (C=O) groups is 1. The van der Waals surface area contributed by atoms with Crippen molar-refractivity contribution in [3.8, 4) is 0 Å². The number of methoxy groups -OCH3 is 1. The fraction of sp³-hybridized carbons (Fsp3) is 0.375. The Labute approximate surface area is 129 Å². The van der Waals surface area contributed by atoms with Crippen molar-refractivity contribution in [3.05, 3.63) is 53.7 Å². The molecule has 0 saturated heterocycles. The van der Waals surface area contributed by atoms with Crippen LogP contribution in [0.1, 0.15) is 34.9 Å². The Hall–Kier alpha value is -2.18. The van der Waals surface area contributed by atoms with Crippen LogP contribution in [0.15, 0.2) is 41.0 Å². The highest BCUT2D eigenvalue weighted by Gasteiger charge is 2.18. The second-order valence-corrected chi connectivity index (χ2v) is 5.20. The highest BCUT2D eigenvalue weighted by Crippen LogP contribution is 2.15. The summed E-state index contributed by atoms with van der Waals surface area (Å²) in [6.07, 6.45) is 1.93. The van der Waals surface area contributed by atoms with Crippen molar-refractivity contribution >= 4 is 5.91 Å². The van der Waals surface area contributed by atoms with Crippen molar-refractivity contribution < 1.29 is 13.9 Å². The Morgan fingerprint density at radius 3 is 2.82 bits per heavy atom. The van der Waals surface area contributed by atoms with E-state index < -0.39 is 0 Å². The van der Waals surface area contributed by atoms with Crippen LogP contribution in [0.25, 0.3) is 0 Å². The van der Waals surface area contributed by atoms with Crippen LogP contribution in [0.3, 0.4) is 0 Å². The number of rotatable bonds is 7. The Balaban J connectivity index is 1.97. The van der Waals surface area contributed by atoms with Crippen LogP contribution in [-0.2, 0) is 11.2 Å². The quantitative estimate of drug-likeness (QED) is 0.812. The number of ether oxygens (including phenoxy) is 1. The highest BCUT2D eigenvalue weighted by molar-refractivity contribution is 5.92. The van der Waals surface area contributed by atoms with E-state index in [0.29, 0.717) is 18.9 Å². The first kappa shape index (κ1) is 16.2. The van der Waals surface area contributed by atoms with Gasteiger partial charge >= 0.3 is 0 Å².